The van der Waals surface area contributed by atoms with Crippen LogP contribution in [0.3, 0.4) is 0 Å². The van der Waals surface area contributed by atoms with Crippen LogP contribution in [0.5, 0.6) is 11.5 Å². The average Bonchev–Trinajstić information content (AvgIpc) is 3.11. The molecule has 6 nitrogen and oxygen atoms in total. The summed E-state index contributed by atoms with van der Waals surface area (Å²) in [4.78, 5) is 39.2. The van der Waals surface area contributed by atoms with Crippen molar-refractivity contribution in [1.29, 1.82) is 0 Å². The van der Waals surface area contributed by atoms with Crippen LogP contribution in [0.4, 0.5) is 4.79 Å². The number of hydrogen-bond donors (Lipinski definition) is 0. The number of amides is 2. The van der Waals surface area contributed by atoms with Gasteiger partial charge in [-0.05, 0) is 67.1 Å². The van der Waals surface area contributed by atoms with Crippen molar-refractivity contribution in [3.8, 4) is 11.5 Å². The number of hydrogen-bond acceptors (Lipinski definition) is 6. The van der Waals surface area contributed by atoms with Crippen LogP contribution in [0, 0.1) is 6.92 Å². The molecule has 1 heterocycles. The Bertz CT molecular complexity index is 1340. The lowest BCUT2D eigenvalue weighted by Crippen LogP contribution is -2.33. The van der Waals surface area contributed by atoms with E-state index in [1.807, 2.05) is 32.0 Å². The number of benzene rings is 3. The number of imide groups is 1. The minimum atomic E-state index is -0.492. The SMILES string of the molecule is CCOc1cc(/C=C2\SC(=O)N(CC(=O)c3ccc(Br)cc3)C2=O)ccc1OCc1cccc(C)c1. The fourth-order valence-electron chi connectivity index (χ4n) is 3.62. The molecule has 1 aliphatic rings. The fraction of sp³-hybridized carbons (Fsp3) is 0.179. The summed E-state index contributed by atoms with van der Waals surface area (Å²) in [6, 6.07) is 20.2. The molecule has 36 heavy (non-hydrogen) atoms. The fourth-order valence-corrected chi connectivity index (χ4v) is 4.73. The normalized spacial score (nSPS) is 14.4. The van der Waals surface area contributed by atoms with Crippen molar-refractivity contribution in [1.82, 2.24) is 4.90 Å². The topological polar surface area (TPSA) is 72.9 Å². The molecule has 3 aromatic carbocycles. The second-order valence-electron chi connectivity index (χ2n) is 8.11. The number of thioether (sulfide) groups is 1. The van der Waals surface area contributed by atoms with Crippen molar-refractivity contribution in [2.24, 2.45) is 0 Å². The Labute approximate surface area is 222 Å². The van der Waals surface area contributed by atoms with E-state index in [1.165, 1.54) is 0 Å². The zero-order valence-corrected chi connectivity index (χ0v) is 22.2. The third-order valence-corrected chi connectivity index (χ3v) is 6.82. The van der Waals surface area contributed by atoms with Gasteiger partial charge in [-0.15, -0.1) is 0 Å². The Morgan fingerprint density at radius 3 is 2.50 bits per heavy atom. The smallest absolute Gasteiger partial charge is 0.293 e. The molecule has 0 radical (unpaired) electrons. The number of carbonyl (C=O) groups is 3. The quantitative estimate of drug-likeness (QED) is 0.213. The second-order valence-corrected chi connectivity index (χ2v) is 10.0. The lowest BCUT2D eigenvalue weighted by atomic mass is 10.1. The molecule has 1 saturated heterocycles. The van der Waals surface area contributed by atoms with Gasteiger partial charge in [-0.25, -0.2) is 0 Å². The molecule has 1 fully saturated rings. The first-order chi connectivity index (χ1) is 17.3. The summed E-state index contributed by atoms with van der Waals surface area (Å²) in [5.74, 6) is 0.334. The van der Waals surface area contributed by atoms with Crippen molar-refractivity contribution in [2.75, 3.05) is 13.2 Å². The van der Waals surface area contributed by atoms with Crippen LogP contribution in [0.15, 0.2) is 76.1 Å². The number of nitrogens with zero attached hydrogens (tertiary/aromatic N) is 1. The Morgan fingerprint density at radius 1 is 1.00 bits per heavy atom. The van der Waals surface area contributed by atoms with Gasteiger partial charge < -0.3 is 9.47 Å². The Kier molecular flexibility index (Phi) is 8.28. The van der Waals surface area contributed by atoms with E-state index in [9.17, 15) is 14.4 Å². The molecule has 4 rings (SSSR count). The first-order valence-electron chi connectivity index (χ1n) is 11.3. The van der Waals surface area contributed by atoms with Crippen LogP contribution in [-0.2, 0) is 11.4 Å². The molecule has 0 spiro atoms. The Morgan fingerprint density at radius 2 is 1.78 bits per heavy atom. The van der Waals surface area contributed by atoms with E-state index in [1.54, 1.807) is 48.5 Å². The van der Waals surface area contributed by atoms with Crippen molar-refractivity contribution in [3.63, 3.8) is 0 Å². The summed E-state index contributed by atoms with van der Waals surface area (Å²) in [5, 5.41) is -0.472. The van der Waals surface area contributed by atoms with Gasteiger partial charge >= 0.3 is 0 Å². The summed E-state index contributed by atoms with van der Waals surface area (Å²) in [5.41, 5.74) is 3.33. The molecule has 0 N–H and O–H groups in total. The third kappa shape index (κ3) is 6.25. The number of rotatable bonds is 9. The van der Waals surface area contributed by atoms with Gasteiger partial charge in [0, 0.05) is 10.0 Å². The maximum atomic E-state index is 12.9. The number of carbonyl (C=O) groups excluding carboxylic acids is 3. The van der Waals surface area contributed by atoms with Crippen LogP contribution in [0.1, 0.15) is 34.0 Å². The molecule has 0 aliphatic carbocycles. The van der Waals surface area contributed by atoms with Crippen LogP contribution in [-0.4, -0.2) is 35.0 Å². The van der Waals surface area contributed by atoms with Crippen LogP contribution >= 0.6 is 27.7 Å². The number of halogens is 1. The number of ether oxygens (including phenoxy) is 2. The second kappa shape index (κ2) is 11.6. The van der Waals surface area contributed by atoms with Crippen LogP contribution < -0.4 is 9.47 Å². The maximum absolute atomic E-state index is 12.9. The zero-order chi connectivity index (χ0) is 25.7. The molecular formula is C28H24BrNO5S. The highest BCUT2D eigenvalue weighted by Crippen LogP contribution is 2.35. The molecule has 0 unspecified atom stereocenters. The number of aryl methyl sites for hydroxylation is 1. The summed E-state index contributed by atoms with van der Waals surface area (Å²) in [6.45, 7) is 4.44. The molecule has 0 aromatic heterocycles. The summed E-state index contributed by atoms with van der Waals surface area (Å²) < 4.78 is 12.6. The van der Waals surface area contributed by atoms with E-state index in [2.05, 4.69) is 22.0 Å². The van der Waals surface area contributed by atoms with Gasteiger partial charge in [0.1, 0.15) is 6.61 Å². The number of Topliss-reactive ketones (excluding diaryl/α,β-unsaturated/α-hetero) is 1. The molecule has 184 valence electrons. The highest BCUT2D eigenvalue weighted by atomic mass is 79.9. The molecule has 2 amide bonds. The Hall–Kier alpha value is -3.36. The third-order valence-electron chi connectivity index (χ3n) is 5.38. The molecule has 1 aliphatic heterocycles. The summed E-state index contributed by atoms with van der Waals surface area (Å²) >= 11 is 4.14. The molecule has 0 saturated carbocycles. The van der Waals surface area contributed by atoms with Gasteiger partial charge in [-0.3, -0.25) is 19.3 Å². The molecular weight excluding hydrogens is 542 g/mol. The van der Waals surface area contributed by atoms with Crippen molar-refractivity contribution >= 4 is 50.7 Å². The van der Waals surface area contributed by atoms with E-state index in [0.717, 1.165) is 32.3 Å². The van der Waals surface area contributed by atoms with E-state index in [4.69, 9.17) is 9.47 Å². The van der Waals surface area contributed by atoms with Gasteiger partial charge in [0.2, 0.25) is 0 Å². The predicted octanol–water partition coefficient (Wildman–Crippen LogP) is 6.65. The standard InChI is InChI=1S/C28H24BrNO5S/c1-3-34-25-14-19(7-12-24(25)35-17-20-6-4-5-18(2)13-20)15-26-27(32)30(28(33)36-26)16-23(31)21-8-10-22(29)11-9-21/h4-15H,3,16-17H2,1-2H3/b26-15-. The predicted molar refractivity (Wildman–Crippen MR) is 144 cm³/mol. The van der Waals surface area contributed by atoms with Gasteiger partial charge in [-0.2, -0.15) is 0 Å². The highest BCUT2D eigenvalue weighted by Gasteiger charge is 2.36. The van der Waals surface area contributed by atoms with Gasteiger partial charge in [-0.1, -0.05) is 64.0 Å². The monoisotopic (exact) mass is 565 g/mol. The van der Waals surface area contributed by atoms with E-state index in [-0.39, 0.29) is 17.2 Å². The van der Waals surface area contributed by atoms with Crippen LogP contribution in [0.25, 0.3) is 6.08 Å². The summed E-state index contributed by atoms with van der Waals surface area (Å²) in [6.07, 6.45) is 1.63. The molecule has 0 atom stereocenters. The van der Waals surface area contributed by atoms with E-state index >= 15 is 0 Å². The average molecular weight is 566 g/mol. The largest absolute Gasteiger partial charge is 0.490 e. The first-order valence-corrected chi connectivity index (χ1v) is 12.9. The minimum absolute atomic E-state index is 0.250. The minimum Gasteiger partial charge on any atom is -0.490 e. The lowest BCUT2D eigenvalue weighted by molar-refractivity contribution is -0.122. The van der Waals surface area contributed by atoms with E-state index < -0.39 is 11.1 Å². The highest BCUT2D eigenvalue weighted by molar-refractivity contribution is 9.10. The Balaban J connectivity index is 1.48. The summed E-state index contributed by atoms with van der Waals surface area (Å²) in [7, 11) is 0. The van der Waals surface area contributed by atoms with Gasteiger partial charge in [0.05, 0.1) is 18.1 Å². The lowest BCUT2D eigenvalue weighted by Gasteiger charge is -2.13. The molecule has 8 heteroatoms. The number of ketones is 1. The van der Waals surface area contributed by atoms with Crippen LogP contribution in [0.2, 0.25) is 0 Å². The first kappa shape index (κ1) is 25.7. The molecule has 0 bridgehead atoms. The van der Waals surface area contributed by atoms with E-state index in [0.29, 0.717) is 35.8 Å². The van der Waals surface area contributed by atoms with Gasteiger partial charge in [0.15, 0.2) is 17.3 Å². The van der Waals surface area contributed by atoms with Crippen molar-refractivity contribution in [3.05, 3.63) is 98.4 Å². The maximum Gasteiger partial charge on any atom is 0.293 e. The van der Waals surface area contributed by atoms with Crippen molar-refractivity contribution in [2.45, 2.75) is 20.5 Å². The van der Waals surface area contributed by atoms with Gasteiger partial charge in [0.25, 0.3) is 11.1 Å². The zero-order valence-electron chi connectivity index (χ0n) is 19.8. The molecule has 3 aromatic rings. The van der Waals surface area contributed by atoms with Crippen molar-refractivity contribution < 1.29 is 23.9 Å².